The maximum absolute atomic E-state index is 13.6. The van der Waals surface area contributed by atoms with Crippen molar-refractivity contribution in [2.24, 2.45) is 0 Å². The molecule has 5 nitrogen and oxygen atoms in total. The maximum Gasteiger partial charge on any atom is 0.344 e. The molecule has 0 radical (unpaired) electrons. The summed E-state index contributed by atoms with van der Waals surface area (Å²) >= 11 is 0. The number of benzene rings is 3. The second-order valence-electron chi connectivity index (χ2n) is 5.96. The zero-order chi connectivity index (χ0) is 20.8. The van der Waals surface area contributed by atoms with Crippen LogP contribution in [0.4, 0.5) is 14.5 Å². The van der Waals surface area contributed by atoms with E-state index >= 15 is 0 Å². The summed E-state index contributed by atoms with van der Waals surface area (Å²) in [7, 11) is 0. The zero-order valence-corrected chi connectivity index (χ0v) is 15.0. The molecule has 3 aromatic rings. The van der Waals surface area contributed by atoms with Gasteiger partial charge in [-0.2, -0.15) is 0 Å². The summed E-state index contributed by atoms with van der Waals surface area (Å²) in [5, 5.41) is 2.47. The highest BCUT2D eigenvalue weighted by Gasteiger charge is 2.20. The van der Waals surface area contributed by atoms with E-state index in [9.17, 15) is 23.2 Å². The molecule has 29 heavy (non-hydrogen) atoms. The van der Waals surface area contributed by atoms with Crippen molar-refractivity contribution in [3.63, 3.8) is 0 Å². The minimum Gasteiger partial charge on any atom is -0.452 e. The SMILES string of the molecule is O=C(COC(=O)c1c(F)cccc1F)Nc1ccccc1C(=O)c1ccccc1. The van der Waals surface area contributed by atoms with E-state index in [4.69, 9.17) is 4.74 Å². The minimum absolute atomic E-state index is 0.222. The smallest absolute Gasteiger partial charge is 0.344 e. The van der Waals surface area contributed by atoms with E-state index < -0.39 is 35.7 Å². The Morgan fingerprint density at radius 2 is 1.41 bits per heavy atom. The van der Waals surface area contributed by atoms with Crippen molar-refractivity contribution in [3.05, 3.63) is 101 Å². The number of carbonyl (C=O) groups excluding carboxylic acids is 3. The van der Waals surface area contributed by atoms with Crippen molar-refractivity contribution in [2.75, 3.05) is 11.9 Å². The molecular weight excluding hydrogens is 380 g/mol. The summed E-state index contributed by atoms with van der Waals surface area (Å²) in [5.41, 5.74) is 0.0357. The summed E-state index contributed by atoms with van der Waals surface area (Å²) in [6.07, 6.45) is 0. The second kappa shape index (κ2) is 8.88. The van der Waals surface area contributed by atoms with E-state index in [-0.39, 0.29) is 17.0 Å². The van der Waals surface area contributed by atoms with E-state index in [2.05, 4.69) is 5.32 Å². The largest absolute Gasteiger partial charge is 0.452 e. The topological polar surface area (TPSA) is 72.5 Å². The number of esters is 1. The predicted molar refractivity (Wildman–Crippen MR) is 102 cm³/mol. The van der Waals surface area contributed by atoms with Gasteiger partial charge in [0, 0.05) is 11.1 Å². The standard InChI is InChI=1S/C22H15F2NO4/c23-16-10-6-11-17(24)20(16)22(28)29-13-19(26)25-18-12-5-4-9-15(18)21(27)14-7-2-1-3-8-14/h1-12H,13H2,(H,25,26). The molecule has 3 aromatic carbocycles. The van der Waals surface area contributed by atoms with Gasteiger partial charge in [0.15, 0.2) is 12.4 Å². The molecule has 7 heteroatoms. The molecule has 0 heterocycles. The third kappa shape index (κ3) is 4.70. The number of hydrogen-bond donors (Lipinski definition) is 1. The molecule has 0 atom stereocenters. The summed E-state index contributed by atoms with van der Waals surface area (Å²) in [4.78, 5) is 36.7. The van der Waals surface area contributed by atoms with E-state index in [1.54, 1.807) is 48.5 Å². The van der Waals surface area contributed by atoms with Gasteiger partial charge in [-0.1, -0.05) is 48.5 Å². The molecule has 0 aliphatic rings. The molecule has 0 aliphatic heterocycles. The van der Waals surface area contributed by atoms with Gasteiger partial charge in [0.05, 0.1) is 5.69 Å². The van der Waals surface area contributed by atoms with Gasteiger partial charge in [0.1, 0.15) is 17.2 Å². The molecule has 0 bridgehead atoms. The summed E-state index contributed by atoms with van der Waals surface area (Å²) in [5.74, 6) is -4.54. The fourth-order valence-corrected chi connectivity index (χ4v) is 2.62. The number of nitrogens with one attached hydrogen (secondary N) is 1. The monoisotopic (exact) mass is 395 g/mol. The Kier molecular flexibility index (Phi) is 6.09. The lowest BCUT2D eigenvalue weighted by atomic mass is 10.0. The first-order chi connectivity index (χ1) is 14.0. The predicted octanol–water partition coefficient (Wildman–Crippen LogP) is 3.99. The number of hydrogen-bond acceptors (Lipinski definition) is 4. The Bertz CT molecular complexity index is 1050. The minimum atomic E-state index is -1.30. The molecule has 0 spiro atoms. The normalized spacial score (nSPS) is 10.3. The van der Waals surface area contributed by atoms with Crippen LogP contribution >= 0.6 is 0 Å². The quantitative estimate of drug-likeness (QED) is 0.506. The summed E-state index contributed by atoms with van der Waals surface area (Å²) in [6.45, 7) is -0.777. The number of carbonyl (C=O) groups is 3. The fourth-order valence-electron chi connectivity index (χ4n) is 2.62. The van der Waals surface area contributed by atoms with Gasteiger partial charge in [0.25, 0.3) is 5.91 Å². The Balaban J connectivity index is 1.69. The Labute approximate surface area is 164 Å². The van der Waals surface area contributed by atoms with Gasteiger partial charge < -0.3 is 10.1 Å². The number of halogens is 2. The van der Waals surface area contributed by atoms with E-state index in [1.165, 1.54) is 6.07 Å². The lowest BCUT2D eigenvalue weighted by molar-refractivity contribution is -0.119. The highest BCUT2D eigenvalue weighted by Crippen LogP contribution is 2.19. The number of para-hydroxylation sites is 1. The molecular formula is C22H15F2NO4. The highest BCUT2D eigenvalue weighted by atomic mass is 19.1. The van der Waals surface area contributed by atoms with Crippen LogP contribution in [0, 0.1) is 11.6 Å². The molecule has 3 rings (SSSR count). The van der Waals surface area contributed by atoms with Crippen LogP contribution < -0.4 is 5.32 Å². The van der Waals surface area contributed by atoms with Crippen LogP contribution in [0.15, 0.2) is 72.8 Å². The van der Waals surface area contributed by atoms with E-state index in [0.717, 1.165) is 18.2 Å². The molecule has 0 unspecified atom stereocenters. The van der Waals surface area contributed by atoms with Crippen LogP contribution in [-0.4, -0.2) is 24.3 Å². The summed E-state index contributed by atoms with van der Waals surface area (Å²) in [6, 6.07) is 17.8. The van der Waals surface area contributed by atoms with E-state index in [0.29, 0.717) is 5.56 Å². The lowest BCUT2D eigenvalue weighted by Crippen LogP contribution is -2.23. The average molecular weight is 395 g/mol. The Hall–Kier alpha value is -3.87. The third-order valence-corrected chi connectivity index (χ3v) is 3.98. The highest BCUT2D eigenvalue weighted by molar-refractivity contribution is 6.14. The number of ketones is 1. The van der Waals surface area contributed by atoms with Gasteiger partial charge in [-0.25, -0.2) is 13.6 Å². The first-order valence-electron chi connectivity index (χ1n) is 8.57. The number of amides is 1. The van der Waals surface area contributed by atoms with Crippen molar-refractivity contribution in [2.45, 2.75) is 0 Å². The molecule has 0 saturated heterocycles. The van der Waals surface area contributed by atoms with Gasteiger partial charge in [-0.05, 0) is 24.3 Å². The third-order valence-electron chi connectivity index (χ3n) is 3.98. The second-order valence-corrected chi connectivity index (χ2v) is 5.96. The van der Waals surface area contributed by atoms with E-state index in [1.807, 2.05) is 0 Å². The van der Waals surface area contributed by atoms with Crippen LogP contribution in [-0.2, 0) is 9.53 Å². The maximum atomic E-state index is 13.6. The van der Waals surface area contributed by atoms with Crippen LogP contribution in [0.1, 0.15) is 26.3 Å². The van der Waals surface area contributed by atoms with Crippen molar-refractivity contribution in [3.8, 4) is 0 Å². The Morgan fingerprint density at radius 1 is 0.793 bits per heavy atom. The molecule has 0 aromatic heterocycles. The average Bonchev–Trinajstić information content (AvgIpc) is 2.73. The molecule has 0 fully saturated rings. The molecule has 0 aliphatic carbocycles. The van der Waals surface area contributed by atoms with Crippen LogP contribution in [0.25, 0.3) is 0 Å². The van der Waals surface area contributed by atoms with Crippen molar-refractivity contribution < 1.29 is 27.9 Å². The van der Waals surface area contributed by atoms with Gasteiger partial charge in [-0.3, -0.25) is 9.59 Å². The van der Waals surface area contributed by atoms with Crippen LogP contribution in [0.2, 0.25) is 0 Å². The number of ether oxygens (including phenoxy) is 1. The van der Waals surface area contributed by atoms with Crippen molar-refractivity contribution in [1.29, 1.82) is 0 Å². The van der Waals surface area contributed by atoms with Gasteiger partial charge in [-0.15, -0.1) is 0 Å². The van der Waals surface area contributed by atoms with Gasteiger partial charge in [0.2, 0.25) is 0 Å². The van der Waals surface area contributed by atoms with Crippen LogP contribution in [0.3, 0.4) is 0 Å². The molecule has 0 saturated carbocycles. The molecule has 1 N–H and O–H groups in total. The first-order valence-corrected chi connectivity index (χ1v) is 8.57. The number of rotatable bonds is 6. The summed E-state index contributed by atoms with van der Waals surface area (Å²) < 4.78 is 31.9. The first kappa shape index (κ1) is 19.9. The Morgan fingerprint density at radius 3 is 2.10 bits per heavy atom. The number of anilines is 1. The van der Waals surface area contributed by atoms with Crippen LogP contribution in [0.5, 0.6) is 0 Å². The van der Waals surface area contributed by atoms with Crippen molar-refractivity contribution >= 4 is 23.3 Å². The van der Waals surface area contributed by atoms with Gasteiger partial charge >= 0.3 is 5.97 Å². The lowest BCUT2D eigenvalue weighted by Gasteiger charge is -2.11. The molecule has 1 amide bonds. The fraction of sp³-hybridized carbons (Fsp3) is 0.0455. The zero-order valence-electron chi connectivity index (χ0n) is 15.0. The molecule has 146 valence electrons. The van der Waals surface area contributed by atoms with Crippen molar-refractivity contribution in [1.82, 2.24) is 0 Å².